The molecule has 0 radical (unpaired) electrons. The summed E-state index contributed by atoms with van der Waals surface area (Å²) >= 11 is 0. The third kappa shape index (κ3) is 3.52. The van der Waals surface area contributed by atoms with Crippen LogP contribution in [0.3, 0.4) is 0 Å². The molecule has 1 aliphatic rings. The lowest BCUT2D eigenvalue weighted by molar-refractivity contribution is 0.964. The van der Waals surface area contributed by atoms with Crippen molar-refractivity contribution in [1.82, 2.24) is 4.57 Å². The number of aryl methyl sites for hydroxylation is 1. The van der Waals surface area contributed by atoms with Gasteiger partial charge in [0.25, 0.3) is 0 Å². The van der Waals surface area contributed by atoms with Crippen LogP contribution in [0.2, 0.25) is 0 Å². The highest BCUT2D eigenvalue weighted by atomic mass is 15.1. The van der Waals surface area contributed by atoms with Gasteiger partial charge in [-0.3, -0.25) is 0 Å². The Balaban J connectivity index is 1.69. The highest BCUT2D eigenvalue weighted by Crippen LogP contribution is 2.34. The summed E-state index contributed by atoms with van der Waals surface area (Å²) in [6.07, 6.45) is 8.50. The van der Waals surface area contributed by atoms with Crippen LogP contribution in [0.1, 0.15) is 22.5 Å². The first-order valence-corrected chi connectivity index (χ1v) is 9.86. The van der Waals surface area contributed by atoms with Gasteiger partial charge in [-0.1, -0.05) is 30.9 Å². The van der Waals surface area contributed by atoms with Crippen LogP contribution in [0.5, 0.6) is 0 Å². The quantitative estimate of drug-likeness (QED) is 0.535. The van der Waals surface area contributed by atoms with Gasteiger partial charge in [0, 0.05) is 54.3 Å². The number of rotatable bonds is 4. The second kappa shape index (κ2) is 7.51. The van der Waals surface area contributed by atoms with Gasteiger partial charge in [-0.2, -0.15) is 0 Å². The van der Waals surface area contributed by atoms with Gasteiger partial charge in [-0.05, 0) is 68.0 Å². The van der Waals surface area contributed by atoms with Crippen LogP contribution in [0.15, 0.2) is 79.1 Å². The fourth-order valence-electron chi connectivity index (χ4n) is 3.86. The van der Waals surface area contributed by atoms with Crippen LogP contribution in [-0.4, -0.2) is 18.7 Å². The minimum atomic E-state index is 0.961. The van der Waals surface area contributed by atoms with E-state index in [1.165, 1.54) is 33.9 Å². The van der Waals surface area contributed by atoms with Crippen molar-refractivity contribution in [1.29, 1.82) is 0 Å². The summed E-state index contributed by atoms with van der Waals surface area (Å²) < 4.78 is 2.29. The molecular weight excluding hydrogens is 354 g/mol. The minimum absolute atomic E-state index is 0.961. The Labute approximate surface area is 173 Å². The average Bonchev–Trinajstić information content (AvgIpc) is 3.00. The van der Waals surface area contributed by atoms with Crippen molar-refractivity contribution in [3.05, 3.63) is 102 Å². The van der Waals surface area contributed by atoms with Crippen molar-refractivity contribution in [2.75, 3.05) is 23.9 Å². The van der Waals surface area contributed by atoms with E-state index in [1.807, 2.05) is 6.07 Å². The number of benzene rings is 2. The standard InChI is InChI=1S/C26H27N3/c1-19-11-12-23-18-25(27(4)5)13-14-26(23)28(19)16-15-22-17-20(2)29(21(22)3)24-9-7-6-8-10-24/h6-18H,1H2,2-5H3/b16-15+. The zero-order valence-corrected chi connectivity index (χ0v) is 17.6. The normalized spacial score (nSPS) is 13.2. The summed E-state index contributed by atoms with van der Waals surface area (Å²) in [4.78, 5) is 4.28. The van der Waals surface area contributed by atoms with Gasteiger partial charge < -0.3 is 14.4 Å². The van der Waals surface area contributed by atoms with Gasteiger partial charge >= 0.3 is 0 Å². The van der Waals surface area contributed by atoms with Crippen molar-refractivity contribution in [2.45, 2.75) is 13.8 Å². The lowest BCUT2D eigenvalue weighted by atomic mass is 10.1. The summed E-state index contributed by atoms with van der Waals surface area (Å²) in [5.41, 5.74) is 9.35. The maximum atomic E-state index is 4.23. The topological polar surface area (TPSA) is 11.4 Å². The second-order valence-electron chi connectivity index (χ2n) is 7.65. The highest BCUT2D eigenvalue weighted by Gasteiger charge is 2.16. The fraction of sp³-hybridized carbons (Fsp3) is 0.154. The second-order valence-corrected chi connectivity index (χ2v) is 7.65. The Morgan fingerprint density at radius 3 is 2.41 bits per heavy atom. The van der Waals surface area contributed by atoms with Crippen molar-refractivity contribution < 1.29 is 0 Å². The Hall–Kier alpha value is -3.46. The van der Waals surface area contributed by atoms with Crippen molar-refractivity contribution in [3.63, 3.8) is 0 Å². The maximum absolute atomic E-state index is 4.23. The molecule has 0 saturated heterocycles. The molecule has 1 aromatic heterocycles. The number of para-hydroxylation sites is 1. The number of allylic oxidation sites excluding steroid dienone is 1. The number of nitrogens with zero attached hydrogens (tertiary/aromatic N) is 3. The van der Waals surface area contributed by atoms with E-state index in [2.05, 4.69) is 122 Å². The molecule has 3 aromatic rings. The van der Waals surface area contributed by atoms with Gasteiger partial charge in [-0.25, -0.2) is 0 Å². The lowest BCUT2D eigenvalue weighted by Gasteiger charge is -2.27. The van der Waals surface area contributed by atoms with Crippen LogP contribution < -0.4 is 9.80 Å². The largest absolute Gasteiger partial charge is 0.378 e. The summed E-state index contributed by atoms with van der Waals surface area (Å²) in [5, 5.41) is 0. The predicted octanol–water partition coefficient (Wildman–Crippen LogP) is 6.18. The van der Waals surface area contributed by atoms with Crippen LogP contribution in [0, 0.1) is 13.8 Å². The molecule has 0 N–H and O–H groups in total. The Morgan fingerprint density at radius 2 is 1.69 bits per heavy atom. The summed E-state index contributed by atoms with van der Waals surface area (Å²) in [6.45, 7) is 8.55. The number of aromatic nitrogens is 1. The van der Waals surface area contributed by atoms with Gasteiger partial charge in [0.05, 0.1) is 5.69 Å². The molecule has 0 bridgehead atoms. The van der Waals surface area contributed by atoms with E-state index in [0.717, 1.165) is 11.4 Å². The summed E-state index contributed by atoms with van der Waals surface area (Å²) in [5.74, 6) is 0. The van der Waals surface area contributed by atoms with E-state index < -0.39 is 0 Å². The van der Waals surface area contributed by atoms with Crippen LogP contribution >= 0.6 is 0 Å². The summed E-state index contributed by atoms with van der Waals surface area (Å²) in [6, 6.07) is 19.2. The smallest absolute Gasteiger partial charge is 0.0529 e. The van der Waals surface area contributed by atoms with Gasteiger partial charge in [-0.15, -0.1) is 0 Å². The van der Waals surface area contributed by atoms with Crippen LogP contribution in [-0.2, 0) is 0 Å². The van der Waals surface area contributed by atoms with Gasteiger partial charge in [0.1, 0.15) is 0 Å². The number of hydrogen-bond donors (Lipinski definition) is 0. The molecule has 146 valence electrons. The number of hydrogen-bond acceptors (Lipinski definition) is 2. The Morgan fingerprint density at radius 1 is 0.931 bits per heavy atom. The van der Waals surface area contributed by atoms with Gasteiger partial charge in [0.15, 0.2) is 0 Å². The first kappa shape index (κ1) is 18.9. The molecule has 3 heteroatoms. The monoisotopic (exact) mass is 381 g/mol. The van der Waals surface area contributed by atoms with Crippen molar-refractivity contribution in [3.8, 4) is 5.69 Å². The van der Waals surface area contributed by atoms with Crippen LogP contribution in [0.4, 0.5) is 11.4 Å². The van der Waals surface area contributed by atoms with E-state index in [4.69, 9.17) is 0 Å². The third-order valence-corrected chi connectivity index (χ3v) is 5.44. The van der Waals surface area contributed by atoms with E-state index >= 15 is 0 Å². The van der Waals surface area contributed by atoms with E-state index in [0.29, 0.717) is 0 Å². The van der Waals surface area contributed by atoms with E-state index in [1.54, 1.807) is 0 Å². The summed E-state index contributed by atoms with van der Waals surface area (Å²) in [7, 11) is 4.13. The predicted molar refractivity (Wildman–Crippen MR) is 126 cm³/mol. The fourth-order valence-corrected chi connectivity index (χ4v) is 3.86. The molecule has 0 fully saturated rings. The molecule has 1 aliphatic heterocycles. The zero-order valence-electron chi connectivity index (χ0n) is 17.6. The Kier molecular flexibility index (Phi) is 4.89. The molecule has 29 heavy (non-hydrogen) atoms. The van der Waals surface area contributed by atoms with Crippen LogP contribution in [0.25, 0.3) is 17.8 Å². The zero-order chi connectivity index (χ0) is 20.5. The maximum Gasteiger partial charge on any atom is 0.0529 e. The average molecular weight is 382 g/mol. The molecule has 0 unspecified atom stereocenters. The number of anilines is 2. The third-order valence-electron chi connectivity index (χ3n) is 5.44. The molecule has 0 aliphatic carbocycles. The molecule has 3 nitrogen and oxygen atoms in total. The molecule has 2 heterocycles. The molecule has 0 amide bonds. The highest BCUT2D eigenvalue weighted by molar-refractivity contribution is 5.81. The minimum Gasteiger partial charge on any atom is -0.378 e. The van der Waals surface area contributed by atoms with Crippen molar-refractivity contribution >= 4 is 23.5 Å². The lowest BCUT2D eigenvalue weighted by Crippen LogP contribution is -2.17. The molecule has 2 aromatic carbocycles. The van der Waals surface area contributed by atoms with Gasteiger partial charge in [0.2, 0.25) is 0 Å². The first-order chi connectivity index (χ1) is 14.0. The molecule has 0 atom stereocenters. The van der Waals surface area contributed by atoms with E-state index in [-0.39, 0.29) is 0 Å². The molecule has 4 rings (SSSR count). The SMILES string of the molecule is C=C1C=Cc2cc(N(C)C)ccc2N1/C=C/c1cc(C)n(-c2ccccc2)c1C. The van der Waals surface area contributed by atoms with E-state index in [9.17, 15) is 0 Å². The molecular formula is C26H27N3. The molecule has 0 saturated carbocycles. The number of fused-ring (bicyclic) bond motifs is 1. The Bertz CT molecular complexity index is 1110. The molecule has 0 spiro atoms. The first-order valence-electron chi connectivity index (χ1n) is 9.86. The van der Waals surface area contributed by atoms with Crippen molar-refractivity contribution in [2.24, 2.45) is 0 Å².